The van der Waals surface area contributed by atoms with Gasteiger partial charge < -0.3 is 10.1 Å². The van der Waals surface area contributed by atoms with E-state index in [1.165, 1.54) is 6.92 Å². The quantitative estimate of drug-likeness (QED) is 0.512. The summed E-state index contributed by atoms with van der Waals surface area (Å²) in [5.74, 6) is -1.23. The highest BCUT2D eigenvalue weighted by Gasteiger charge is 2.17. The number of hydrogen-bond acceptors (Lipinski definition) is 4. The molecule has 0 aliphatic carbocycles. The lowest BCUT2D eigenvalue weighted by Crippen LogP contribution is -2.17. The van der Waals surface area contributed by atoms with Crippen LogP contribution in [0.5, 0.6) is 0 Å². The van der Waals surface area contributed by atoms with Crippen LogP contribution in [0.4, 0.5) is 5.69 Å². The van der Waals surface area contributed by atoms with Gasteiger partial charge in [0.25, 0.3) is 0 Å². The van der Waals surface area contributed by atoms with Crippen LogP contribution in [0.2, 0.25) is 0 Å². The third-order valence-corrected chi connectivity index (χ3v) is 4.43. The van der Waals surface area contributed by atoms with Gasteiger partial charge in [0.2, 0.25) is 5.91 Å². The van der Waals surface area contributed by atoms with Crippen molar-refractivity contribution in [1.29, 1.82) is 0 Å². The molecule has 28 heavy (non-hydrogen) atoms. The minimum atomic E-state index is -0.659. The molecule has 0 aliphatic rings. The van der Waals surface area contributed by atoms with E-state index in [1.54, 1.807) is 24.3 Å². The highest BCUT2D eigenvalue weighted by molar-refractivity contribution is 6.06. The van der Waals surface area contributed by atoms with Crippen molar-refractivity contribution in [2.45, 2.75) is 20.3 Å². The number of fused-ring (bicyclic) bond motifs is 1. The average Bonchev–Trinajstić information content (AvgIpc) is 2.70. The molecule has 0 fully saturated rings. The number of nitrogens with one attached hydrogen (secondary N) is 1. The van der Waals surface area contributed by atoms with Crippen LogP contribution < -0.4 is 5.32 Å². The Morgan fingerprint density at radius 1 is 0.929 bits per heavy atom. The summed E-state index contributed by atoms with van der Waals surface area (Å²) in [6.45, 7) is 3.04. The maximum absolute atomic E-state index is 12.6. The molecule has 0 heterocycles. The van der Waals surface area contributed by atoms with Gasteiger partial charge in [0.05, 0.1) is 11.3 Å². The molecule has 0 aliphatic heterocycles. The third-order valence-electron chi connectivity index (χ3n) is 4.43. The van der Waals surface area contributed by atoms with Crippen LogP contribution >= 0.6 is 0 Å². The molecular formula is C23H21NO4. The van der Waals surface area contributed by atoms with Gasteiger partial charge in [-0.1, -0.05) is 55.5 Å². The number of Topliss-reactive ketones (excluding diaryl/α,β-unsaturated/α-hetero) is 1. The number of carbonyl (C=O) groups is 3. The average molecular weight is 375 g/mol. The molecular weight excluding hydrogens is 354 g/mol. The smallest absolute Gasteiger partial charge is 0.340 e. The molecule has 5 nitrogen and oxygen atoms in total. The Hall–Kier alpha value is -3.47. The summed E-state index contributed by atoms with van der Waals surface area (Å²) in [6.07, 6.45) is 0.886. The molecule has 3 aromatic carbocycles. The lowest BCUT2D eigenvalue weighted by molar-refractivity contribution is -0.114. The highest BCUT2D eigenvalue weighted by atomic mass is 16.5. The molecule has 0 aromatic heterocycles. The first kappa shape index (κ1) is 19.3. The fourth-order valence-electron chi connectivity index (χ4n) is 2.92. The molecule has 0 saturated carbocycles. The van der Waals surface area contributed by atoms with Crippen molar-refractivity contribution >= 4 is 34.1 Å². The first-order chi connectivity index (χ1) is 13.5. The first-order valence-corrected chi connectivity index (χ1v) is 9.07. The Bertz CT molecular complexity index is 1040. The van der Waals surface area contributed by atoms with E-state index in [1.807, 2.05) is 43.3 Å². The molecule has 0 atom stereocenters. The second kappa shape index (κ2) is 8.48. The zero-order valence-corrected chi connectivity index (χ0v) is 15.8. The van der Waals surface area contributed by atoms with E-state index < -0.39 is 5.97 Å². The minimum absolute atomic E-state index is 0.211. The summed E-state index contributed by atoms with van der Waals surface area (Å²) in [7, 11) is 0. The van der Waals surface area contributed by atoms with E-state index in [0.717, 1.165) is 22.8 Å². The van der Waals surface area contributed by atoms with Gasteiger partial charge in [-0.2, -0.15) is 0 Å². The number of amides is 1. The second-order valence-electron chi connectivity index (χ2n) is 6.48. The summed E-state index contributed by atoms with van der Waals surface area (Å²) < 4.78 is 5.23. The molecule has 0 radical (unpaired) electrons. The Morgan fingerprint density at radius 2 is 1.57 bits per heavy atom. The van der Waals surface area contributed by atoms with E-state index in [2.05, 4.69) is 5.32 Å². The lowest BCUT2D eigenvalue weighted by atomic mass is 10.0. The number of aryl methyl sites for hydroxylation is 1. The summed E-state index contributed by atoms with van der Waals surface area (Å²) in [6, 6.07) is 18.1. The molecule has 0 spiro atoms. The fourth-order valence-corrected chi connectivity index (χ4v) is 2.92. The first-order valence-electron chi connectivity index (χ1n) is 9.07. The molecule has 0 unspecified atom stereocenters. The number of rotatable bonds is 6. The SMILES string of the molecule is CCc1ccc(C(=O)COC(=O)c2cc3ccccc3cc2NC(C)=O)cc1. The van der Waals surface area contributed by atoms with Gasteiger partial charge in [-0.25, -0.2) is 4.79 Å². The number of ether oxygens (including phenoxy) is 1. The van der Waals surface area contributed by atoms with Crippen molar-refractivity contribution < 1.29 is 19.1 Å². The molecule has 3 aromatic rings. The monoisotopic (exact) mass is 375 g/mol. The fraction of sp³-hybridized carbons (Fsp3) is 0.174. The molecule has 1 amide bonds. The number of anilines is 1. The van der Waals surface area contributed by atoms with Crippen LogP contribution in [0.15, 0.2) is 60.7 Å². The van der Waals surface area contributed by atoms with Crippen molar-refractivity contribution in [2.24, 2.45) is 0 Å². The van der Waals surface area contributed by atoms with Gasteiger partial charge in [0.1, 0.15) is 0 Å². The third kappa shape index (κ3) is 4.43. The maximum atomic E-state index is 12.6. The maximum Gasteiger partial charge on any atom is 0.340 e. The van der Waals surface area contributed by atoms with E-state index in [9.17, 15) is 14.4 Å². The van der Waals surface area contributed by atoms with Gasteiger partial charge in [-0.05, 0) is 34.9 Å². The molecule has 1 N–H and O–H groups in total. The summed E-state index contributed by atoms with van der Waals surface area (Å²) in [4.78, 5) is 36.4. The Kier molecular flexibility index (Phi) is 5.84. The zero-order chi connectivity index (χ0) is 20.1. The second-order valence-corrected chi connectivity index (χ2v) is 6.48. The van der Waals surface area contributed by atoms with Crippen molar-refractivity contribution in [3.05, 3.63) is 77.4 Å². The van der Waals surface area contributed by atoms with Crippen LogP contribution in [0.1, 0.15) is 40.1 Å². The Morgan fingerprint density at radius 3 is 2.18 bits per heavy atom. The van der Waals surface area contributed by atoms with Crippen LogP contribution in [0.25, 0.3) is 10.8 Å². The molecule has 0 bridgehead atoms. The van der Waals surface area contributed by atoms with Crippen LogP contribution in [-0.2, 0) is 16.0 Å². The summed E-state index contributed by atoms with van der Waals surface area (Å²) in [5.41, 5.74) is 2.19. The largest absolute Gasteiger partial charge is 0.454 e. The molecule has 142 valence electrons. The van der Waals surface area contributed by atoms with Gasteiger partial charge >= 0.3 is 5.97 Å². The molecule has 3 rings (SSSR count). The number of ketones is 1. The van der Waals surface area contributed by atoms with Crippen molar-refractivity contribution in [2.75, 3.05) is 11.9 Å². The predicted octanol–water partition coefficient (Wildman–Crippen LogP) is 4.40. The van der Waals surface area contributed by atoms with Crippen molar-refractivity contribution in [3.63, 3.8) is 0 Å². The van der Waals surface area contributed by atoms with Crippen molar-refractivity contribution in [3.8, 4) is 0 Å². The number of hydrogen-bond donors (Lipinski definition) is 1. The van der Waals surface area contributed by atoms with Gasteiger partial charge in [-0.3, -0.25) is 9.59 Å². The number of carbonyl (C=O) groups excluding carboxylic acids is 3. The lowest BCUT2D eigenvalue weighted by Gasteiger charge is -2.12. The van der Waals surface area contributed by atoms with Gasteiger partial charge in [0, 0.05) is 12.5 Å². The summed E-state index contributed by atoms with van der Waals surface area (Å²) in [5, 5.41) is 4.38. The Balaban J connectivity index is 1.79. The topological polar surface area (TPSA) is 72.5 Å². The zero-order valence-electron chi connectivity index (χ0n) is 15.8. The number of benzene rings is 3. The van der Waals surface area contributed by atoms with E-state index >= 15 is 0 Å². The van der Waals surface area contributed by atoms with E-state index in [4.69, 9.17) is 4.74 Å². The van der Waals surface area contributed by atoms with Crippen LogP contribution in [-0.4, -0.2) is 24.3 Å². The van der Waals surface area contributed by atoms with Gasteiger partial charge in [-0.15, -0.1) is 0 Å². The van der Waals surface area contributed by atoms with Crippen molar-refractivity contribution in [1.82, 2.24) is 0 Å². The number of esters is 1. The molecule has 0 saturated heterocycles. The standard InChI is InChI=1S/C23H21NO4/c1-3-16-8-10-17(11-9-16)22(26)14-28-23(27)20-12-18-6-4-5-7-19(18)13-21(20)24-15(2)25/h4-13H,3,14H2,1-2H3,(H,24,25). The normalized spacial score (nSPS) is 10.5. The highest BCUT2D eigenvalue weighted by Crippen LogP contribution is 2.25. The van der Waals surface area contributed by atoms with E-state index in [-0.39, 0.29) is 23.9 Å². The minimum Gasteiger partial charge on any atom is -0.454 e. The molecule has 5 heteroatoms. The van der Waals surface area contributed by atoms with Gasteiger partial charge in [0.15, 0.2) is 12.4 Å². The Labute approximate surface area is 163 Å². The van der Waals surface area contributed by atoms with E-state index in [0.29, 0.717) is 11.3 Å². The van der Waals surface area contributed by atoms with Crippen LogP contribution in [0.3, 0.4) is 0 Å². The predicted molar refractivity (Wildman–Crippen MR) is 109 cm³/mol. The summed E-state index contributed by atoms with van der Waals surface area (Å²) >= 11 is 0. The van der Waals surface area contributed by atoms with Crippen LogP contribution in [0, 0.1) is 0 Å².